The molecule has 0 fully saturated rings. The third-order valence-electron chi connectivity index (χ3n) is 5.77. The standard InChI is InChI=1S/C29H32N4/c1-31(2)25-18-15-23(16-19-25)17-20-27-22-28(30-33(27)26-13-9-6-10-14-26)29(32(3)4)21-24-11-7-5-8-12-24/h5-21,27H,22H2,1-4H3. The highest BCUT2D eigenvalue weighted by Crippen LogP contribution is 2.29. The summed E-state index contributed by atoms with van der Waals surface area (Å²) < 4.78 is 0. The molecular formula is C29H32N4. The zero-order chi connectivity index (χ0) is 23.2. The molecule has 168 valence electrons. The summed E-state index contributed by atoms with van der Waals surface area (Å²) in [6.45, 7) is 0. The monoisotopic (exact) mass is 436 g/mol. The van der Waals surface area contributed by atoms with Crippen molar-refractivity contribution < 1.29 is 0 Å². The van der Waals surface area contributed by atoms with Crippen LogP contribution in [0.1, 0.15) is 17.5 Å². The summed E-state index contributed by atoms with van der Waals surface area (Å²) in [7, 11) is 8.29. The number of rotatable bonds is 7. The van der Waals surface area contributed by atoms with Crippen molar-refractivity contribution in [2.45, 2.75) is 12.5 Å². The van der Waals surface area contributed by atoms with Crippen LogP contribution >= 0.6 is 0 Å². The lowest BCUT2D eigenvalue weighted by molar-refractivity contribution is 0.542. The predicted octanol–water partition coefficient (Wildman–Crippen LogP) is 6.00. The molecule has 1 aliphatic heterocycles. The Morgan fingerprint density at radius 3 is 2.06 bits per heavy atom. The van der Waals surface area contributed by atoms with Crippen molar-refractivity contribution in [3.05, 3.63) is 108 Å². The molecule has 0 saturated heterocycles. The molecule has 0 bridgehead atoms. The van der Waals surface area contributed by atoms with Crippen molar-refractivity contribution in [3.8, 4) is 0 Å². The van der Waals surface area contributed by atoms with Crippen LogP contribution in [0.5, 0.6) is 0 Å². The Morgan fingerprint density at radius 2 is 1.45 bits per heavy atom. The summed E-state index contributed by atoms with van der Waals surface area (Å²) in [5.74, 6) is 0. The maximum atomic E-state index is 5.09. The molecule has 0 saturated carbocycles. The molecule has 1 unspecified atom stereocenters. The van der Waals surface area contributed by atoms with Gasteiger partial charge < -0.3 is 9.80 Å². The van der Waals surface area contributed by atoms with Crippen molar-refractivity contribution in [2.24, 2.45) is 5.10 Å². The first-order valence-corrected chi connectivity index (χ1v) is 11.3. The van der Waals surface area contributed by atoms with Crippen LogP contribution in [0.2, 0.25) is 0 Å². The van der Waals surface area contributed by atoms with E-state index in [2.05, 4.69) is 134 Å². The van der Waals surface area contributed by atoms with E-state index in [0.717, 1.165) is 23.5 Å². The fourth-order valence-electron chi connectivity index (χ4n) is 3.95. The van der Waals surface area contributed by atoms with Gasteiger partial charge in [-0.15, -0.1) is 0 Å². The predicted molar refractivity (Wildman–Crippen MR) is 143 cm³/mol. The van der Waals surface area contributed by atoms with Gasteiger partial charge in [0, 0.05) is 40.3 Å². The lowest BCUT2D eigenvalue weighted by Crippen LogP contribution is -2.24. The van der Waals surface area contributed by atoms with E-state index in [-0.39, 0.29) is 6.04 Å². The number of hydrazone groups is 1. The van der Waals surface area contributed by atoms with Gasteiger partial charge in [0.15, 0.2) is 0 Å². The fraction of sp³-hybridized carbons (Fsp3) is 0.207. The van der Waals surface area contributed by atoms with E-state index >= 15 is 0 Å². The molecule has 0 aromatic heterocycles. The molecule has 1 heterocycles. The molecule has 4 rings (SSSR count). The van der Waals surface area contributed by atoms with Crippen LogP contribution in [0.25, 0.3) is 12.2 Å². The smallest absolute Gasteiger partial charge is 0.0867 e. The molecule has 0 spiro atoms. The molecule has 3 aromatic rings. The van der Waals surface area contributed by atoms with E-state index in [1.54, 1.807) is 0 Å². The Morgan fingerprint density at radius 1 is 0.818 bits per heavy atom. The van der Waals surface area contributed by atoms with E-state index in [0.29, 0.717) is 0 Å². The summed E-state index contributed by atoms with van der Waals surface area (Å²) in [6.07, 6.45) is 7.53. The number of hydrogen-bond donors (Lipinski definition) is 0. The molecule has 0 radical (unpaired) electrons. The fourth-order valence-corrected chi connectivity index (χ4v) is 3.95. The second kappa shape index (κ2) is 10.2. The van der Waals surface area contributed by atoms with Crippen LogP contribution in [0.15, 0.2) is 102 Å². The van der Waals surface area contributed by atoms with Crippen LogP contribution in [0.3, 0.4) is 0 Å². The SMILES string of the molecule is CN(C)C(=Cc1ccccc1)C1=NN(c2ccccc2)C(C=Cc2ccc(N(C)C)cc2)C1. The topological polar surface area (TPSA) is 22.1 Å². The molecule has 4 nitrogen and oxygen atoms in total. The first kappa shape index (κ1) is 22.4. The third kappa shape index (κ3) is 5.53. The zero-order valence-electron chi connectivity index (χ0n) is 19.9. The summed E-state index contributed by atoms with van der Waals surface area (Å²) in [6, 6.07) is 29.6. The number of benzene rings is 3. The Bertz CT molecular complexity index is 1130. The second-order valence-electron chi connectivity index (χ2n) is 8.68. The van der Waals surface area contributed by atoms with Gasteiger partial charge in [0.1, 0.15) is 0 Å². The van der Waals surface area contributed by atoms with Crippen molar-refractivity contribution >= 4 is 29.2 Å². The molecule has 3 aromatic carbocycles. The molecule has 0 amide bonds. The van der Waals surface area contributed by atoms with Gasteiger partial charge in [-0.1, -0.05) is 72.8 Å². The van der Waals surface area contributed by atoms with Crippen LogP contribution in [0.4, 0.5) is 11.4 Å². The highest BCUT2D eigenvalue weighted by molar-refractivity contribution is 6.05. The molecule has 0 N–H and O–H groups in total. The number of para-hydroxylation sites is 1. The minimum Gasteiger partial charge on any atom is -0.378 e. The van der Waals surface area contributed by atoms with E-state index < -0.39 is 0 Å². The number of allylic oxidation sites excluding steroid dienone is 1. The van der Waals surface area contributed by atoms with Crippen molar-refractivity contribution in [2.75, 3.05) is 38.1 Å². The lowest BCUT2D eigenvalue weighted by atomic mass is 10.0. The van der Waals surface area contributed by atoms with Crippen molar-refractivity contribution in [1.82, 2.24) is 4.90 Å². The Hall–Kier alpha value is -3.79. The molecule has 1 atom stereocenters. The maximum Gasteiger partial charge on any atom is 0.0867 e. The average molecular weight is 437 g/mol. The minimum absolute atomic E-state index is 0.148. The van der Waals surface area contributed by atoms with Gasteiger partial charge >= 0.3 is 0 Å². The summed E-state index contributed by atoms with van der Waals surface area (Å²) in [4.78, 5) is 4.27. The van der Waals surface area contributed by atoms with Gasteiger partial charge in [-0.25, -0.2) is 0 Å². The largest absolute Gasteiger partial charge is 0.378 e. The van der Waals surface area contributed by atoms with Crippen LogP contribution in [-0.2, 0) is 0 Å². The molecule has 33 heavy (non-hydrogen) atoms. The van der Waals surface area contributed by atoms with Crippen LogP contribution in [-0.4, -0.2) is 44.8 Å². The number of nitrogens with zero attached hydrogens (tertiary/aromatic N) is 4. The molecular weight excluding hydrogens is 404 g/mol. The molecule has 1 aliphatic rings. The van der Waals surface area contributed by atoms with Crippen LogP contribution in [0, 0.1) is 0 Å². The van der Waals surface area contributed by atoms with Gasteiger partial charge in [0.2, 0.25) is 0 Å². The lowest BCUT2D eigenvalue weighted by Gasteiger charge is -2.20. The van der Waals surface area contributed by atoms with Crippen molar-refractivity contribution in [3.63, 3.8) is 0 Å². The highest BCUT2D eigenvalue weighted by atomic mass is 15.5. The first-order chi connectivity index (χ1) is 16.0. The Labute approximate surface area is 197 Å². The highest BCUT2D eigenvalue weighted by Gasteiger charge is 2.28. The number of hydrogen-bond acceptors (Lipinski definition) is 4. The van der Waals surface area contributed by atoms with Gasteiger partial charge in [-0.2, -0.15) is 5.10 Å². The number of anilines is 2. The first-order valence-electron chi connectivity index (χ1n) is 11.3. The van der Waals surface area contributed by atoms with Crippen molar-refractivity contribution in [1.29, 1.82) is 0 Å². The Balaban J connectivity index is 1.64. The summed E-state index contributed by atoms with van der Waals surface area (Å²) in [5.41, 5.74) is 6.89. The van der Waals surface area contributed by atoms with Gasteiger partial charge in [-0.3, -0.25) is 5.01 Å². The second-order valence-corrected chi connectivity index (χ2v) is 8.68. The van der Waals surface area contributed by atoms with E-state index in [4.69, 9.17) is 5.10 Å². The zero-order valence-corrected chi connectivity index (χ0v) is 19.9. The minimum atomic E-state index is 0.148. The van der Waals surface area contributed by atoms with Crippen LogP contribution < -0.4 is 9.91 Å². The Kier molecular flexibility index (Phi) is 6.94. The summed E-state index contributed by atoms with van der Waals surface area (Å²) in [5, 5.41) is 7.23. The van der Waals surface area contributed by atoms with E-state index in [1.807, 2.05) is 12.1 Å². The van der Waals surface area contributed by atoms with E-state index in [9.17, 15) is 0 Å². The molecule has 4 heteroatoms. The maximum absolute atomic E-state index is 5.09. The van der Waals surface area contributed by atoms with Gasteiger partial charge in [-0.05, 0) is 41.5 Å². The quantitative estimate of drug-likeness (QED) is 0.453. The van der Waals surface area contributed by atoms with Gasteiger partial charge in [0.25, 0.3) is 0 Å². The summed E-state index contributed by atoms with van der Waals surface area (Å²) >= 11 is 0. The molecule has 0 aliphatic carbocycles. The normalized spacial score (nSPS) is 16.2. The third-order valence-corrected chi connectivity index (χ3v) is 5.77. The van der Waals surface area contributed by atoms with E-state index in [1.165, 1.54) is 16.8 Å². The average Bonchev–Trinajstić information content (AvgIpc) is 3.26. The van der Waals surface area contributed by atoms with Gasteiger partial charge in [0.05, 0.1) is 23.1 Å².